The van der Waals surface area contributed by atoms with Crippen LogP contribution in [0.4, 0.5) is 15.8 Å². The van der Waals surface area contributed by atoms with Crippen LogP contribution in [0.15, 0.2) is 42.5 Å². The summed E-state index contributed by atoms with van der Waals surface area (Å²) in [5.41, 5.74) is 0.806. The van der Waals surface area contributed by atoms with Gasteiger partial charge < -0.3 is 14.8 Å². The highest BCUT2D eigenvalue weighted by Crippen LogP contribution is 2.28. The van der Waals surface area contributed by atoms with Gasteiger partial charge in [0.2, 0.25) is 0 Å². The maximum Gasteiger partial charge on any atom is 0.306 e. The molecule has 0 spiro atoms. The van der Waals surface area contributed by atoms with E-state index in [0.29, 0.717) is 6.42 Å². The van der Waals surface area contributed by atoms with Gasteiger partial charge in [-0.05, 0) is 30.2 Å². The van der Waals surface area contributed by atoms with Crippen LogP contribution in [0.5, 0.6) is 5.75 Å². The van der Waals surface area contributed by atoms with Crippen LogP contribution in [-0.4, -0.2) is 30.5 Å². The van der Waals surface area contributed by atoms with E-state index in [1.165, 1.54) is 37.4 Å². The van der Waals surface area contributed by atoms with E-state index in [9.17, 15) is 24.1 Å². The van der Waals surface area contributed by atoms with E-state index in [1.807, 2.05) is 0 Å². The van der Waals surface area contributed by atoms with Crippen LogP contribution in [0.1, 0.15) is 12.0 Å². The number of rotatable bonds is 8. The van der Waals surface area contributed by atoms with Crippen molar-refractivity contribution in [3.63, 3.8) is 0 Å². The summed E-state index contributed by atoms with van der Waals surface area (Å²) in [6.45, 7) is -0.512. The van der Waals surface area contributed by atoms with E-state index in [0.717, 1.165) is 5.56 Å². The lowest BCUT2D eigenvalue weighted by atomic mass is 10.1. The third-order valence-electron chi connectivity index (χ3n) is 3.57. The highest BCUT2D eigenvalue weighted by atomic mass is 19.1. The molecule has 0 aliphatic carbocycles. The van der Waals surface area contributed by atoms with Crippen molar-refractivity contribution in [2.45, 2.75) is 12.8 Å². The second-order valence-corrected chi connectivity index (χ2v) is 5.48. The lowest BCUT2D eigenvalue weighted by Gasteiger charge is -2.10. The number of nitro groups is 1. The molecule has 0 aliphatic heterocycles. The number of carbonyl (C=O) groups excluding carboxylic acids is 2. The Balaban J connectivity index is 1.82. The Bertz CT molecular complexity index is 838. The van der Waals surface area contributed by atoms with Gasteiger partial charge in [-0.2, -0.15) is 0 Å². The number of non-ortho nitro benzene ring substituents is 1. The number of amides is 1. The maximum absolute atomic E-state index is 12.8. The lowest BCUT2D eigenvalue weighted by molar-refractivity contribution is -0.384. The van der Waals surface area contributed by atoms with Crippen molar-refractivity contribution in [2.24, 2.45) is 0 Å². The predicted octanol–water partition coefficient (Wildman–Crippen LogP) is 2.86. The number of hydrogen-bond donors (Lipinski definition) is 1. The standard InChI is InChI=1S/C18H17FN2O6/c1-26-16-10-14(21(24)25)7-8-15(16)20-17(22)11-27-18(23)9-4-12-2-5-13(19)6-3-12/h2-3,5-8,10H,4,9,11H2,1H3,(H,20,22). The number of nitro benzene ring substituents is 1. The van der Waals surface area contributed by atoms with Crippen molar-refractivity contribution in [1.29, 1.82) is 0 Å². The Morgan fingerprint density at radius 3 is 2.52 bits per heavy atom. The number of ether oxygens (including phenoxy) is 2. The molecule has 2 aromatic carbocycles. The second-order valence-electron chi connectivity index (χ2n) is 5.48. The zero-order chi connectivity index (χ0) is 19.8. The molecular weight excluding hydrogens is 359 g/mol. The molecule has 0 bridgehead atoms. The summed E-state index contributed by atoms with van der Waals surface area (Å²) < 4.78 is 22.7. The van der Waals surface area contributed by atoms with Gasteiger partial charge in [-0.1, -0.05) is 12.1 Å². The zero-order valence-electron chi connectivity index (χ0n) is 14.4. The maximum atomic E-state index is 12.8. The van der Waals surface area contributed by atoms with Gasteiger partial charge in [-0.25, -0.2) is 4.39 Å². The molecule has 0 heterocycles. The Morgan fingerprint density at radius 1 is 1.19 bits per heavy atom. The molecule has 27 heavy (non-hydrogen) atoms. The fourth-order valence-electron chi connectivity index (χ4n) is 2.20. The van der Waals surface area contributed by atoms with E-state index in [4.69, 9.17) is 9.47 Å². The van der Waals surface area contributed by atoms with E-state index in [1.54, 1.807) is 12.1 Å². The largest absolute Gasteiger partial charge is 0.494 e. The van der Waals surface area contributed by atoms with Gasteiger partial charge in [-0.3, -0.25) is 19.7 Å². The van der Waals surface area contributed by atoms with Gasteiger partial charge in [-0.15, -0.1) is 0 Å². The number of anilines is 1. The average molecular weight is 376 g/mol. The van der Waals surface area contributed by atoms with Gasteiger partial charge in [0.05, 0.1) is 23.8 Å². The summed E-state index contributed by atoms with van der Waals surface area (Å²) in [5, 5.41) is 13.2. The number of nitrogens with zero attached hydrogens (tertiary/aromatic N) is 1. The van der Waals surface area contributed by atoms with Gasteiger partial charge >= 0.3 is 5.97 Å². The summed E-state index contributed by atoms with van der Waals surface area (Å²) >= 11 is 0. The van der Waals surface area contributed by atoms with Crippen molar-refractivity contribution in [1.82, 2.24) is 0 Å². The molecule has 8 nitrogen and oxygen atoms in total. The number of halogens is 1. The monoisotopic (exact) mass is 376 g/mol. The van der Waals surface area contributed by atoms with Crippen molar-refractivity contribution < 1.29 is 28.4 Å². The fourth-order valence-corrected chi connectivity index (χ4v) is 2.20. The minimum atomic E-state index is -0.614. The first-order chi connectivity index (χ1) is 12.9. The summed E-state index contributed by atoms with van der Waals surface area (Å²) in [5.74, 6) is -1.44. The number of carbonyl (C=O) groups is 2. The topological polar surface area (TPSA) is 108 Å². The third kappa shape index (κ3) is 6.07. The molecule has 142 valence electrons. The normalized spacial score (nSPS) is 10.1. The smallest absolute Gasteiger partial charge is 0.306 e. The van der Waals surface area contributed by atoms with E-state index >= 15 is 0 Å². The fraction of sp³-hybridized carbons (Fsp3) is 0.222. The van der Waals surface area contributed by atoms with E-state index in [2.05, 4.69) is 5.32 Å². The summed E-state index contributed by atoms with van der Waals surface area (Å²) in [4.78, 5) is 33.8. The van der Waals surface area contributed by atoms with Crippen LogP contribution >= 0.6 is 0 Å². The van der Waals surface area contributed by atoms with E-state index in [-0.39, 0.29) is 29.4 Å². The minimum Gasteiger partial charge on any atom is -0.494 e. The van der Waals surface area contributed by atoms with Gasteiger partial charge in [0.25, 0.3) is 11.6 Å². The molecule has 2 rings (SSSR count). The molecule has 0 aromatic heterocycles. The molecule has 0 saturated heterocycles. The van der Waals surface area contributed by atoms with Crippen LogP contribution in [-0.2, 0) is 20.7 Å². The van der Waals surface area contributed by atoms with Crippen molar-refractivity contribution in [3.8, 4) is 5.75 Å². The Kier molecular flexibility index (Phi) is 6.81. The number of methoxy groups -OCH3 is 1. The molecule has 2 aromatic rings. The number of esters is 1. The number of benzene rings is 2. The van der Waals surface area contributed by atoms with Gasteiger partial charge in [0, 0.05) is 12.5 Å². The molecule has 9 heteroatoms. The van der Waals surface area contributed by atoms with Crippen molar-refractivity contribution in [2.75, 3.05) is 19.0 Å². The van der Waals surface area contributed by atoms with Crippen LogP contribution in [0, 0.1) is 15.9 Å². The zero-order valence-corrected chi connectivity index (χ0v) is 14.4. The van der Waals surface area contributed by atoms with Gasteiger partial charge in [0.15, 0.2) is 6.61 Å². The molecular formula is C18H17FN2O6. The predicted molar refractivity (Wildman–Crippen MR) is 94.0 cm³/mol. The summed E-state index contributed by atoms with van der Waals surface area (Å²) in [6.07, 6.45) is 0.399. The first-order valence-corrected chi connectivity index (χ1v) is 7.91. The quantitative estimate of drug-likeness (QED) is 0.431. The molecule has 1 N–H and O–H groups in total. The number of nitrogens with one attached hydrogen (secondary N) is 1. The lowest BCUT2D eigenvalue weighted by Crippen LogP contribution is -2.21. The van der Waals surface area contributed by atoms with Crippen LogP contribution < -0.4 is 10.1 Å². The molecule has 1 amide bonds. The Morgan fingerprint density at radius 2 is 1.89 bits per heavy atom. The molecule has 0 unspecified atom stereocenters. The molecule has 0 atom stereocenters. The SMILES string of the molecule is COc1cc([N+](=O)[O-])ccc1NC(=O)COC(=O)CCc1ccc(F)cc1. The van der Waals surface area contributed by atoms with Crippen LogP contribution in [0.25, 0.3) is 0 Å². The van der Waals surface area contributed by atoms with Gasteiger partial charge in [0.1, 0.15) is 11.6 Å². The Labute approximate surface area is 154 Å². The highest BCUT2D eigenvalue weighted by molar-refractivity contribution is 5.94. The summed E-state index contributed by atoms with van der Waals surface area (Å²) in [7, 11) is 1.31. The number of aryl methyl sites for hydroxylation is 1. The van der Waals surface area contributed by atoms with Crippen LogP contribution in [0.2, 0.25) is 0 Å². The molecule has 0 fully saturated rings. The van der Waals surface area contributed by atoms with E-state index < -0.39 is 23.4 Å². The second kappa shape index (κ2) is 9.27. The third-order valence-corrected chi connectivity index (χ3v) is 3.57. The average Bonchev–Trinajstić information content (AvgIpc) is 2.66. The molecule has 0 aliphatic rings. The first kappa shape index (κ1) is 19.8. The Hall–Kier alpha value is -3.49. The molecule has 0 saturated carbocycles. The first-order valence-electron chi connectivity index (χ1n) is 7.91. The number of hydrogen-bond acceptors (Lipinski definition) is 6. The van der Waals surface area contributed by atoms with Crippen molar-refractivity contribution >= 4 is 23.3 Å². The molecule has 0 radical (unpaired) electrons. The highest BCUT2D eigenvalue weighted by Gasteiger charge is 2.14. The summed E-state index contributed by atoms with van der Waals surface area (Å²) in [6, 6.07) is 9.44. The minimum absolute atomic E-state index is 0.0414. The van der Waals surface area contributed by atoms with Crippen molar-refractivity contribution in [3.05, 3.63) is 64.0 Å². The van der Waals surface area contributed by atoms with Crippen LogP contribution in [0.3, 0.4) is 0 Å².